The summed E-state index contributed by atoms with van der Waals surface area (Å²) >= 11 is 0. The fraction of sp³-hybridized carbons (Fsp3) is 0.0909. The zero-order valence-electron chi connectivity index (χ0n) is 8.67. The molecule has 0 saturated heterocycles. The number of aromatic nitrogens is 2. The van der Waals surface area contributed by atoms with Gasteiger partial charge in [-0.2, -0.15) is 13.2 Å². The first-order valence-corrected chi connectivity index (χ1v) is 4.73. The van der Waals surface area contributed by atoms with Crippen molar-refractivity contribution in [3.05, 3.63) is 47.9 Å². The van der Waals surface area contributed by atoms with Gasteiger partial charge in [0.2, 0.25) is 5.82 Å². The maximum atomic E-state index is 13.4. The summed E-state index contributed by atoms with van der Waals surface area (Å²) < 4.78 is 63.4. The van der Waals surface area contributed by atoms with Crippen LogP contribution in [0.1, 0.15) is 5.82 Å². The van der Waals surface area contributed by atoms with Gasteiger partial charge in [0, 0.05) is 11.8 Å². The minimum Gasteiger partial charge on any atom is -0.233 e. The van der Waals surface area contributed by atoms with Crippen LogP contribution in [-0.2, 0) is 6.18 Å². The molecule has 94 valence electrons. The summed E-state index contributed by atoms with van der Waals surface area (Å²) in [5.74, 6) is -3.02. The highest BCUT2D eigenvalue weighted by molar-refractivity contribution is 5.59. The van der Waals surface area contributed by atoms with Gasteiger partial charge in [0.05, 0.1) is 5.69 Å². The molecule has 0 fully saturated rings. The van der Waals surface area contributed by atoms with Crippen LogP contribution in [0.25, 0.3) is 11.3 Å². The van der Waals surface area contributed by atoms with Crippen LogP contribution in [0.4, 0.5) is 22.0 Å². The molecule has 2 nitrogen and oxygen atoms in total. The number of hydrogen-bond donors (Lipinski definition) is 0. The van der Waals surface area contributed by atoms with Crippen molar-refractivity contribution in [1.82, 2.24) is 9.97 Å². The van der Waals surface area contributed by atoms with Crippen LogP contribution < -0.4 is 0 Å². The lowest BCUT2D eigenvalue weighted by atomic mass is 10.1. The van der Waals surface area contributed by atoms with E-state index in [4.69, 9.17) is 0 Å². The molecule has 0 aliphatic carbocycles. The van der Waals surface area contributed by atoms with Gasteiger partial charge in [-0.3, -0.25) is 0 Å². The molecule has 0 N–H and O–H groups in total. The average molecular weight is 260 g/mol. The van der Waals surface area contributed by atoms with Crippen molar-refractivity contribution in [3.63, 3.8) is 0 Å². The Bertz CT molecular complexity index is 580. The Morgan fingerprint density at radius 2 is 1.72 bits per heavy atom. The van der Waals surface area contributed by atoms with Crippen molar-refractivity contribution in [1.29, 1.82) is 0 Å². The number of hydrogen-bond acceptors (Lipinski definition) is 2. The zero-order chi connectivity index (χ0) is 13.3. The Hall–Kier alpha value is -2.05. The fourth-order valence-electron chi connectivity index (χ4n) is 1.34. The lowest BCUT2D eigenvalue weighted by molar-refractivity contribution is -0.144. The van der Waals surface area contributed by atoms with Gasteiger partial charge in [-0.15, -0.1) is 0 Å². The van der Waals surface area contributed by atoms with E-state index < -0.39 is 23.6 Å². The fourth-order valence-corrected chi connectivity index (χ4v) is 1.34. The van der Waals surface area contributed by atoms with Crippen molar-refractivity contribution >= 4 is 0 Å². The van der Waals surface area contributed by atoms with E-state index in [9.17, 15) is 22.0 Å². The normalized spacial score (nSPS) is 11.6. The van der Waals surface area contributed by atoms with E-state index in [0.717, 1.165) is 30.5 Å². The van der Waals surface area contributed by atoms with E-state index in [1.54, 1.807) is 0 Å². The van der Waals surface area contributed by atoms with E-state index in [1.807, 2.05) is 0 Å². The predicted octanol–water partition coefficient (Wildman–Crippen LogP) is 3.44. The molecular formula is C11H5F5N2. The first-order valence-electron chi connectivity index (χ1n) is 4.73. The molecule has 7 heteroatoms. The quantitative estimate of drug-likeness (QED) is 0.734. The Morgan fingerprint density at radius 3 is 2.39 bits per heavy atom. The predicted molar refractivity (Wildman–Crippen MR) is 52.4 cm³/mol. The Balaban J connectivity index is 2.55. The number of rotatable bonds is 1. The van der Waals surface area contributed by atoms with Crippen molar-refractivity contribution in [2.75, 3.05) is 0 Å². The van der Waals surface area contributed by atoms with Crippen LogP contribution in [0.3, 0.4) is 0 Å². The maximum Gasteiger partial charge on any atom is 0.451 e. The van der Waals surface area contributed by atoms with Crippen LogP contribution >= 0.6 is 0 Å². The number of halogens is 5. The summed E-state index contributed by atoms with van der Waals surface area (Å²) in [7, 11) is 0. The Kier molecular flexibility index (Phi) is 2.98. The molecule has 1 aromatic carbocycles. The van der Waals surface area contributed by atoms with E-state index in [-0.39, 0.29) is 11.3 Å². The van der Waals surface area contributed by atoms with Crippen molar-refractivity contribution in [2.24, 2.45) is 0 Å². The molecule has 0 atom stereocenters. The molecule has 0 spiro atoms. The van der Waals surface area contributed by atoms with E-state index in [1.165, 1.54) is 0 Å². The molecule has 0 saturated carbocycles. The minimum atomic E-state index is -4.74. The third kappa shape index (κ3) is 2.44. The summed E-state index contributed by atoms with van der Waals surface area (Å²) in [5, 5.41) is 0. The van der Waals surface area contributed by atoms with Crippen molar-refractivity contribution in [3.8, 4) is 11.3 Å². The molecule has 2 aromatic rings. The standard InChI is InChI=1S/C11H5F5N2/c12-6-1-2-8(13)7(5-6)9-3-4-17-10(18-9)11(14,15)16/h1-5H. The van der Waals surface area contributed by atoms with Gasteiger partial charge in [-0.1, -0.05) is 0 Å². The van der Waals surface area contributed by atoms with E-state index >= 15 is 0 Å². The summed E-state index contributed by atoms with van der Waals surface area (Å²) in [6.07, 6.45) is -3.89. The number of nitrogens with zero attached hydrogens (tertiary/aromatic N) is 2. The topological polar surface area (TPSA) is 25.8 Å². The molecule has 2 rings (SSSR count). The maximum absolute atomic E-state index is 13.4. The molecular weight excluding hydrogens is 255 g/mol. The summed E-state index contributed by atoms with van der Waals surface area (Å²) in [5.41, 5.74) is -0.669. The van der Waals surface area contributed by atoms with Crippen LogP contribution in [0.2, 0.25) is 0 Å². The highest BCUT2D eigenvalue weighted by Gasteiger charge is 2.34. The van der Waals surface area contributed by atoms with Crippen LogP contribution in [0.15, 0.2) is 30.5 Å². The zero-order valence-corrected chi connectivity index (χ0v) is 8.67. The van der Waals surface area contributed by atoms with Gasteiger partial charge in [0.25, 0.3) is 0 Å². The number of alkyl halides is 3. The lowest BCUT2D eigenvalue weighted by Gasteiger charge is -2.07. The average Bonchev–Trinajstić information content (AvgIpc) is 2.31. The minimum absolute atomic E-state index is 0.325. The Labute approximate surface area is 98.1 Å². The van der Waals surface area contributed by atoms with Gasteiger partial charge < -0.3 is 0 Å². The molecule has 18 heavy (non-hydrogen) atoms. The molecule has 0 amide bonds. The highest BCUT2D eigenvalue weighted by Crippen LogP contribution is 2.28. The molecule has 0 aliphatic rings. The first-order chi connectivity index (χ1) is 8.38. The van der Waals surface area contributed by atoms with Gasteiger partial charge in [0.1, 0.15) is 11.6 Å². The molecule has 0 radical (unpaired) electrons. The molecule has 0 aliphatic heterocycles. The van der Waals surface area contributed by atoms with Crippen LogP contribution in [-0.4, -0.2) is 9.97 Å². The third-order valence-corrected chi connectivity index (χ3v) is 2.11. The summed E-state index contributed by atoms with van der Waals surface area (Å²) in [6.45, 7) is 0. The van der Waals surface area contributed by atoms with Gasteiger partial charge in [-0.05, 0) is 24.3 Å². The smallest absolute Gasteiger partial charge is 0.233 e. The van der Waals surface area contributed by atoms with E-state index in [2.05, 4.69) is 9.97 Å². The third-order valence-electron chi connectivity index (χ3n) is 2.11. The van der Waals surface area contributed by atoms with Crippen molar-refractivity contribution < 1.29 is 22.0 Å². The summed E-state index contributed by atoms with van der Waals surface area (Å²) in [6, 6.07) is 3.54. The SMILES string of the molecule is Fc1ccc(F)c(-c2ccnc(C(F)(F)F)n2)c1. The van der Waals surface area contributed by atoms with Gasteiger partial charge in [0.15, 0.2) is 0 Å². The van der Waals surface area contributed by atoms with E-state index in [0.29, 0.717) is 0 Å². The Morgan fingerprint density at radius 1 is 1.00 bits per heavy atom. The largest absolute Gasteiger partial charge is 0.451 e. The molecule has 1 aromatic heterocycles. The second-order valence-electron chi connectivity index (χ2n) is 3.39. The van der Waals surface area contributed by atoms with Crippen LogP contribution in [0, 0.1) is 11.6 Å². The van der Waals surface area contributed by atoms with Gasteiger partial charge >= 0.3 is 6.18 Å². The molecule has 0 bridgehead atoms. The molecule has 1 heterocycles. The first kappa shape index (κ1) is 12.4. The number of benzene rings is 1. The highest BCUT2D eigenvalue weighted by atomic mass is 19.4. The van der Waals surface area contributed by atoms with Crippen molar-refractivity contribution in [2.45, 2.75) is 6.18 Å². The monoisotopic (exact) mass is 260 g/mol. The summed E-state index contributed by atoms with van der Waals surface area (Å²) in [4.78, 5) is 6.21. The second kappa shape index (κ2) is 4.32. The lowest BCUT2D eigenvalue weighted by Crippen LogP contribution is -2.11. The second-order valence-corrected chi connectivity index (χ2v) is 3.39. The van der Waals surface area contributed by atoms with Gasteiger partial charge in [-0.25, -0.2) is 18.7 Å². The molecule has 0 unspecified atom stereocenters. The van der Waals surface area contributed by atoms with Crippen LogP contribution in [0.5, 0.6) is 0 Å².